The lowest BCUT2D eigenvalue weighted by atomic mass is 10.1. The van der Waals surface area contributed by atoms with Crippen molar-refractivity contribution >= 4 is 21.8 Å². The number of ether oxygens (including phenoxy) is 4. The smallest absolute Gasteiger partial charge is 0.420 e. The van der Waals surface area contributed by atoms with E-state index in [1.165, 1.54) is 24.8 Å². The maximum Gasteiger partial charge on any atom is 0.420 e. The van der Waals surface area contributed by atoms with Gasteiger partial charge < -0.3 is 18.9 Å². The molecule has 0 aliphatic carbocycles. The van der Waals surface area contributed by atoms with Gasteiger partial charge in [0.25, 0.3) is 0 Å². The van der Waals surface area contributed by atoms with Crippen LogP contribution in [-0.2, 0) is 6.18 Å². The Labute approximate surface area is 293 Å². The maximum atomic E-state index is 14.7. The summed E-state index contributed by atoms with van der Waals surface area (Å²) in [5, 5.41) is 0.832. The summed E-state index contributed by atoms with van der Waals surface area (Å²) in [6, 6.07) is 29.8. The Morgan fingerprint density at radius 3 is 1.60 bits per heavy atom. The minimum Gasteiger partial charge on any atom is -0.457 e. The number of hydrogen-bond donors (Lipinski definition) is 0. The number of aryl methyl sites for hydroxylation is 1. The van der Waals surface area contributed by atoms with Gasteiger partial charge in [-0.25, -0.2) is 24.9 Å². The second kappa shape index (κ2) is 13.4. The molecule has 13 heteroatoms. The van der Waals surface area contributed by atoms with E-state index >= 15 is 0 Å². The normalized spacial score (nSPS) is 11.5. The van der Waals surface area contributed by atoms with Gasteiger partial charge >= 0.3 is 6.18 Å². The van der Waals surface area contributed by atoms with E-state index in [0.717, 1.165) is 6.07 Å². The summed E-state index contributed by atoms with van der Waals surface area (Å²) in [6.45, 7) is 1.82. The van der Waals surface area contributed by atoms with Crippen molar-refractivity contribution in [2.75, 3.05) is 0 Å². The highest BCUT2D eigenvalue weighted by atomic mass is 19.4. The van der Waals surface area contributed by atoms with Crippen molar-refractivity contribution < 1.29 is 32.1 Å². The zero-order valence-electron chi connectivity index (χ0n) is 27.2. The first-order valence-electron chi connectivity index (χ1n) is 15.8. The average molecular weight is 699 g/mol. The number of halogens is 3. The molecular weight excluding hydrogens is 673 g/mol. The fraction of sp³-hybridized carbons (Fsp3) is 0.0513. The summed E-state index contributed by atoms with van der Waals surface area (Å²) < 4.78 is 69.8. The number of alkyl halides is 3. The second-order valence-corrected chi connectivity index (χ2v) is 11.5. The van der Waals surface area contributed by atoms with Gasteiger partial charge in [0.1, 0.15) is 47.2 Å². The molecule has 8 aromatic rings. The van der Waals surface area contributed by atoms with E-state index in [4.69, 9.17) is 18.9 Å². The number of aromatic nitrogens is 6. The minimum atomic E-state index is -4.76. The van der Waals surface area contributed by atoms with E-state index in [2.05, 4.69) is 24.9 Å². The van der Waals surface area contributed by atoms with Crippen LogP contribution in [0.15, 0.2) is 134 Å². The molecule has 256 valence electrons. The third kappa shape index (κ3) is 6.62. The molecule has 0 radical (unpaired) electrons. The van der Waals surface area contributed by atoms with Crippen molar-refractivity contribution in [1.29, 1.82) is 0 Å². The van der Waals surface area contributed by atoms with Crippen LogP contribution in [0.3, 0.4) is 0 Å². The van der Waals surface area contributed by atoms with Crippen LogP contribution in [0, 0.1) is 6.92 Å². The van der Waals surface area contributed by atoms with Gasteiger partial charge in [0.05, 0.1) is 16.6 Å². The largest absolute Gasteiger partial charge is 0.457 e. The molecule has 8 rings (SSSR count). The van der Waals surface area contributed by atoms with Crippen LogP contribution in [0.4, 0.5) is 13.2 Å². The molecule has 0 saturated heterocycles. The van der Waals surface area contributed by atoms with Crippen LogP contribution in [0.1, 0.15) is 11.1 Å². The highest BCUT2D eigenvalue weighted by molar-refractivity contribution is 6.10. The van der Waals surface area contributed by atoms with Crippen LogP contribution in [0.25, 0.3) is 27.8 Å². The van der Waals surface area contributed by atoms with Crippen LogP contribution in [0.2, 0.25) is 0 Å². The third-order valence-corrected chi connectivity index (χ3v) is 7.94. The van der Waals surface area contributed by atoms with E-state index in [1.54, 1.807) is 102 Å². The Kier molecular flexibility index (Phi) is 8.27. The zero-order chi connectivity index (χ0) is 35.7. The predicted octanol–water partition coefficient (Wildman–Crippen LogP) is 10.3. The fourth-order valence-electron chi connectivity index (χ4n) is 5.67. The molecule has 4 aromatic heterocycles. The van der Waals surface area contributed by atoms with Gasteiger partial charge in [0.15, 0.2) is 0 Å². The Morgan fingerprint density at radius 1 is 0.538 bits per heavy atom. The lowest BCUT2D eigenvalue weighted by Crippen LogP contribution is -2.08. The maximum absolute atomic E-state index is 14.7. The molecule has 0 aliphatic rings. The molecule has 0 bridgehead atoms. The molecule has 10 nitrogen and oxygen atoms in total. The van der Waals surface area contributed by atoms with Gasteiger partial charge in [-0.1, -0.05) is 24.3 Å². The fourth-order valence-corrected chi connectivity index (χ4v) is 5.67. The third-order valence-electron chi connectivity index (χ3n) is 7.94. The molecule has 0 N–H and O–H groups in total. The standard InChI is InChI=1S/C39H25F3N6O4/c1-24-16-29-30-19-31(39(40,41)42)35(50-26-9-7-11-28(18-26)52-37-13-3-5-15-45-37)21-33(30)48(38-46-22-43-23-47-38)32(29)20-34(24)49-25-8-6-10-27(17-25)51-36-12-2-4-14-44-36/h2-23H,1H3. The number of nitrogens with zero attached hydrogens (tertiary/aromatic N) is 6. The number of rotatable bonds is 9. The van der Waals surface area contributed by atoms with Gasteiger partial charge in [0.2, 0.25) is 17.7 Å². The molecule has 0 atom stereocenters. The van der Waals surface area contributed by atoms with Gasteiger partial charge in [-0.05, 0) is 61.0 Å². The molecular formula is C39H25F3N6O4. The number of fused-ring (bicyclic) bond motifs is 3. The molecule has 52 heavy (non-hydrogen) atoms. The molecule has 0 unspecified atom stereocenters. The highest BCUT2D eigenvalue weighted by Gasteiger charge is 2.36. The first kappa shape index (κ1) is 32.2. The molecule has 0 spiro atoms. The Hall–Kier alpha value is -7.02. The summed E-state index contributed by atoms with van der Waals surface area (Å²) in [6.07, 6.45) is 1.07. The van der Waals surface area contributed by atoms with Crippen LogP contribution in [0.5, 0.6) is 46.3 Å². The summed E-state index contributed by atoms with van der Waals surface area (Å²) in [7, 11) is 0. The number of benzene rings is 4. The Morgan fingerprint density at radius 2 is 1.06 bits per heavy atom. The SMILES string of the molecule is Cc1cc2c3cc(C(F)(F)F)c(Oc4cccc(Oc5ccccn5)c4)cc3n(-c3ncncn3)c2cc1Oc1cccc(Oc2ccccn2)c1. The Balaban J connectivity index is 1.23. The van der Waals surface area contributed by atoms with Gasteiger partial charge in [0, 0.05) is 59.6 Å². The van der Waals surface area contributed by atoms with Crippen molar-refractivity contribution in [2.24, 2.45) is 0 Å². The van der Waals surface area contributed by atoms with E-state index in [1.807, 2.05) is 13.0 Å². The summed E-state index contributed by atoms with van der Waals surface area (Å²) in [4.78, 5) is 20.9. The highest BCUT2D eigenvalue weighted by Crippen LogP contribution is 2.45. The minimum absolute atomic E-state index is 0.127. The predicted molar refractivity (Wildman–Crippen MR) is 186 cm³/mol. The van der Waals surface area contributed by atoms with Crippen LogP contribution < -0.4 is 18.9 Å². The lowest BCUT2D eigenvalue weighted by molar-refractivity contribution is -0.138. The van der Waals surface area contributed by atoms with Crippen molar-refractivity contribution in [2.45, 2.75) is 13.1 Å². The monoisotopic (exact) mass is 698 g/mol. The van der Waals surface area contributed by atoms with Crippen LogP contribution >= 0.6 is 0 Å². The van der Waals surface area contributed by atoms with Crippen molar-refractivity contribution in [1.82, 2.24) is 29.5 Å². The summed E-state index contributed by atoms with van der Waals surface area (Å²) in [5.74, 6) is 2.41. The Bertz CT molecular complexity index is 2530. The van der Waals surface area contributed by atoms with Crippen molar-refractivity contribution in [3.8, 4) is 52.2 Å². The first-order valence-corrected chi connectivity index (χ1v) is 15.8. The average Bonchev–Trinajstić information content (AvgIpc) is 3.44. The van der Waals surface area contributed by atoms with Gasteiger partial charge in [-0.15, -0.1) is 0 Å². The molecule has 4 aromatic carbocycles. The molecule has 0 saturated carbocycles. The molecule has 0 fully saturated rings. The van der Waals surface area contributed by atoms with Crippen LogP contribution in [-0.4, -0.2) is 29.5 Å². The van der Waals surface area contributed by atoms with Gasteiger partial charge in [-0.2, -0.15) is 13.2 Å². The molecule has 0 amide bonds. The van der Waals surface area contributed by atoms with Crippen molar-refractivity contribution in [3.05, 3.63) is 145 Å². The first-order chi connectivity index (χ1) is 25.3. The zero-order valence-corrected chi connectivity index (χ0v) is 27.2. The van der Waals surface area contributed by atoms with E-state index in [-0.39, 0.29) is 11.7 Å². The topological polar surface area (TPSA) is 106 Å². The van der Waals surface area contributed by atoms with E-state index in [9.17, 15) is 13.2 Å². The quantitative estimate of drug-likeness (QED) is 0.146. The lowest BCUT2D eigenvalue weighted by Gasteiger charge is -2.15. The number of pyridine rings is 2. The summed E-state index contributed by atoms with van der Waals surface area (Å²) in [5.41, 5.74) is 0.580. The van der Waals surface area contributed by atoms with Crippen molar-refractivity contribution in [3.63, 3.8) is 0 Å². The number of hydrogen-bond acceptors (Lipinski definition) is 9. The summed E-state index contributed by atoms with van der Waals surface area (Å²) >= 11 is 0. The van der Waals surface area contributed by atoms with Gasteiger partial charge in [-0.3, -0.25) is 4.57 Å². The molecule has 4 heterocycles. The second-order valence-electron chi connectivity index (χ2n) is 11.5. The van der Waals surface area contributed by atoms with E-state index < -0.39 is 17.5 Å². The molecule has 0 aliphatic heterocycles. The van der Waals surface area contributed by atoms with E-state index in [0.29, 0.717) is 62.1 Å².